The summed E-state index contributed by atoms with van der Waals surface area (Å²) in [6, 6.07) is 18.7. The van der Waals surface area contributed by atoms with Crippen LogP contribution in [0.1, 0.15) is 38.1 Å². The summed E-state index contributed by atoms with van der Waals surface area (Å²) >= 11 is 1.27. The van der Waals surface area contributed by atoms with Gasteiger partial charge in [-0.1, -0.05) is 60.7 Å². The number of carbonyl (C=O) groups is 2. The fourth-order valence-electron chi connectivity index (χ4n) is 3.91. The number of ether oxygens (including phenoxy) is 1. The predicted molar refractivity (Wildman–Crippen MR) is 138 cm³/mol. The zero-order chi connectivity index (χ0) is 25.1. The molecule has 7 nitrogen and oxygen atoms in total. The standard InChI is InChI=1S/C27H25N3O4S/c1-5-30-26(32)22(24(31)28-25-20(27(33)34-4)16(2)17(3)35-25)21(18-12-8-6-9-13-18)23(29-30)19-14-10-7-11-15-19/h6-15H,5H2,1-4H3,(H,28,31). The second-order valence-electron chi connectivity index (χ2n) is 7.88. The SMILES string of the molecule is CCn1nc(-c2ccccc2)c(-c2ccccc2)c(C(=O)Nc2sc(C)c(C)c2C(=O)OC)c1=O. The molecule has 0 fully saturated rings. The lowest BCUT2D eigenvalue weighted by atomic mass is 9.95. The van der Waals surface area contributed by atoms with Gasteiger partial charge < -0.3 is 10.1 Å². The number of amides is 1. The van der Waals surface area contributed by atoms with Crippen LogP contribution in [0.2, 0.25) is 0 Å². The zero-order valence-electron chi connectivity index (χ0n) is 19.9. The Kier molecular flexibility index (Phi) is 6.93. The first-order valence-corrected chi connectivity index (χ1v) is 11.9. The molecular weight excluding hydrogens is 462 g/mol. The van der Waals surface area contributed by atoms with Gasteiger partial charge in [0.05, 0.1) is 18.4 Å². The summed E-state index contributed by atoms with van der Waals surface area (Å²) in [5.74, 6) is -1.15. The highest BCUT2D eigenvalue weighted by Gasteiger charge is 2.28. The molecule has 178 valence electrons. The molecule has 0 bridgehead atoms. The van der Waals surface area contributed by atoms with Gasteiger partial charge in [0, 0.05) is 22.5 Å². The molecule has 4 aromatic rings. The van der Waals surface area contributed by atoms with Gasteiger partial charge in [-0.2, -0.15) is 5.10 Å². The van der Waals surface area contributed by atoms with Gasteiger partial charge in [-0.3, -0.25) is 9.59 Å². The molecule has 0 radical (unpaired) electrons. The third kappa shape index (κ3) is 4.52. The molecule has 0 saturated carbocycles. The van der Waals surface area contributed by atoms with E-state index >= 15 is 0 Å². The Labute approximate surface area is 207 Å². The quantitative estimate of drug-likeness (QED) is 0.372. The molecule has 0 aliphatic carbocycles. The summed E-state index contributed by atoms with van der Waals surface area (Å²) < 4.78 is 6.22. The first-order chi connectivity index (χ1) is 16.9. The van der Waals surface area contributed by atoms with Crippen LogP contribution in [0, 0.1) is 13.8 Å². The van der Waals surface area contributed by atoms with Crippen LogP contribution in [0.5, 0.6) is 0 Å². The molecule has 1 N–H and O–H groups in total. The average molecular weight is 488 g/mol. The Morgan fingerprint density at radius 2 is 1.57 bits per heavy atom. The van der Waals surface area contributed by atoms with Crippen LogP contribution in [0.4, 0.5) is 5.00 Å². The van der Waals surface area contributed by atoms with Gasteiger partial charge >= 0.3 is 5.97 Å². The molecule has 0 aliphatic heterocycles. The maximum atomic E-state index is 13.8. The molecule has 0 atom stereocenters. The smallest absolute Gasteiger partial charge is 0.341 e. The van der Waals surface area contributed by atoms with E-state index in [4.69, 9.17) is 4.74 Å². The molecule has 2 aromatic heterocycles. The van der Waals surface area contributed by atoms with Crippen molar-refractivity contribution in [1.82, 2.24) is 9.78 Å². The van der Waals surface area contributed by atoms with E-state index in [-0.39, 0.29) is 11.1 Å². The van der Waals surface area contributed by atoms with E-state index < -0.39 is 17.4 Å². The van der Waals surface area contributed by atoms with Gasteiger partial charge in [-0.15, -0.1) is 11.3 Å². The zero-order valence-corrected chi connectivity index (χ0v) is 20.7. The van der Waals surface area contributed by atoms with E-state index in [0.717, 1.165) is 16.0 Å². The molecule has 0 spiro atoms. The number of nitrogens with one attached hydrogen (secondary N) is 1. The number of aromatic nitrogens is 2. The van der Waals surface area contributed by atoms with Crippen molar-refractivity contribution in [2.75, 3.05) is 12.4 Å². The maximum Gasteiger partial charge on any atom is 0.341 e. The minimum absolute atomic E-state index is 0.0357. The summed E-state index contributed by atoms with van der Waals surface area (Å²) in [6.45, 7) is 5.75. The summed E-state index contributed by atoms with van der Waals surface area (Å²) in [5.41, 5.74) is 2.91. The third-order valence-electron chi connectivity index (χ3n) is 5.79. The van der Waals surface area contributed by atoms with Gasteiger partial charge in [0.1, 0.15) is 10.6 Å². The van der Waals surface area contributed by atoms with Crippen LogP contribution in [-0.2, 0) is 11.3 Å². The van der Waals surface area contributed by atoms with Crippen molar-refractivity contribution in [2.45, 2.75) is 27.3 Å². The number of aryl methyl sites for hydroxylation is 2. The number of hydrogen-bond donors (Lipinski definition) is 1. The van der Waals surface area contributed by atoms with E-state index in [2.05, 4.69) is 10.4 Å². The predicted octanol–water partition coefficient (Wildman–Crippen LogP) is 5.31. The highest BCUT2D eigenvalue weighted by Crippen LogP contribution is 2.35. The maximum absolute atomic E-state index is 13.8. The highest BCUT2D eigenvalue weighted by atomic mass is 32.1. The number of rotatable bonds is 6. The van der Waals surface area contributed by atoms with Crippen LogP contribution in [0.3, 0.4) is 0 Å². The van der Waals surface area contributed by atoms with Gasteiger partial charge in [-0.05, 0) is 31.9 Å². The molecular formula is C27H25N3O4S. The van der Waals surface area contributed by atoms with Gasteiger partial charge in [0.15, 0.2) is 0 Å². The fourth-order valence-corrected chi connectivity index (χ4v) is 4.95. The number of esters is 1. The highest BCUT2D eigenvalue weighted by molar-refractivity contribution is 7.16. The largest absolute Gasteiger partial charge is 0.465 e. The molecule has 4 rings (SSSR count). The number of methoxy groups -OCH3 is 1. The lowest BCUT2D eigenvalue weighted by molar-refractivity contribution is 0.0601. The van der Waals surface area contributed by atoms with E-state index in [1.807, 2.05) is 67.6 Å². The van der Waals surface area contributed by atoms with Crippen molar-refractivity contribution in [1.29, 1.82) is 0 Å². The Morgan fingerprint density at radius 1 is 0.971 bits per heavy atom. The summed E-state index contributed by atoms with van der Waals surface area (Å²) in [4.78, 5) is 40.6. The Hall–Kier alpha value is -4.04. The van der Waals surface area contributed by atoms with E-state index in [0.29, 0.717) is 28.4 Å². The lowest BCUT2D eigenvalue weighted by Crippen LogP contribution is -2.32. The molecule has 0 aliphatic rings. The molecule has 0 saturated heterocycles. The summed E-state index contributed by atoms with van der Waals surface area (Å²) in [6.07, 6.45) is 0. The average Bonchev–Trinajstić information content (AvgIpc) is 3.16. The summed E-state index contributed by atoms with van der Waals surface area (Å²) in [5, 5.41) is 7.78. The topological polar surface area (TPSA) is 90.3 Å². The van der Waals surface area contributed by atoms with Gasteiger partial charge in [0.2, 0.25) is 0 Å². The Morgan fingerprint density at radius 3 is 2.14 bits per heavy atom. The molecule has 0 unspecified atom stereocenters. The number of carbonyl (C=O) groups excluding carboxylic acids is 2. The number of nitrogens with zero attached hydrogens (tertiary/aromatic N) is 2. The molecule has 2 aromatic carbocycles. The Bertz CT molecular complexity index is 1460. The first kappa shape index (κ1) is 24.1. The second kappa shape index (κ2) is 10.1. The van der Waals surface area contributed by atoms with Gasteiger partial charge in [-0.25, -0.2) is 9.48 Å². The molecule has 35 heavy (non-hydrogen) atoms. The van der Waals surface area contributed by atoms with Crippen LogP contribution in [0.15, 0.2) is 65.5 Å². The minimum Gasteiger partial charge on any atom is -0.465 e. The van der Waals surface area contributed by atoms with Crippen molar-refractivity contribution in [2.24, 2.45) is 0 Å². The second-order valence-corrected chi connectivity index (χ2v) is 9.11. The normalized spacial score (nSPS) is 10.7. The molecule has 1 amide bonds. The number of hydrogen-bond acceptors (Lipinski definition) is 6. The van der Waals surface area contributed by atoms with Crippen molar-refractivity contribution in [3.63, 3.8) is 0 Å². The van der Waals surface area contributed by atoms with Crippen LogP contribution < -0.4 is 10.9 Å². The molecule has 8 heteroatoms. The lowest BCUT2D eigenvalue weighted by Gasteiger charge is -2.17. The van der Waals surface area contributed by atoms with Crippen LogP contribution >= 0.6 is 11.3 Å². The molecule has 2 heterocycles. The van der Waals surface area contributed by atoms with Crippen molar-refractivity contribution >= 4 is 28.2 Å². The van der Waals surface area contributed by atoms with Crippen LogP contribution in [-0.4, -0.2) is 28.8 Å². The first-order valence-electron chi connectivity index (χ1n) is 11.1. The monoisotopic (exact) mass is 487 g/mol. The third-order valence-corrected chi connectivity index (χ3v) is 6.92. The number of anilines is 1. The fraction of sp³-hybridized carbons (Fsp3) is 0.185. The van der Waals surface area contributed by atoms with E-state index in [1.165, 1.54) is 23.1 Å². The van der Waals surface area contributed by atoms with Crippen molar-refractivity contribution < 1.29 is 14.3 Å². The van der Waals surface area contributed by atoms with Crippen molar-refractivity contribution in [3.05, 3.63) is 92.6 Å². The number of thiophene rings is 1. The van der Waals surface area contributed by atoms with E-state index in [9.17, 15) is 14.4 Å². The number of benzene rings is 2. The minimum atomic E-state index is -0.609. The summed E-state index contributed by atoms with van der Waals surface area (Å²) in [7, 11) is 1.29. The van der Waals surface area contributed by atoms with E-state index in [1.54, 1.807) is 13.8 Å². The van der Waals surface area contributed by atoms with Crippen LogP contribution in [0.25, 0.3) is 22.4 Å². The van der Waals surface area contributed by atoms with Crippen molar-refractivity contribution in [3.8, 4) is 22.4 Å². The Balaban J connectivity index is 1.97. The van der Waals surface area contributed by atoms with Gasteiger partial charge in [0.25, 0.3) is 11.5 Å².